The SMILES string of the molecule is Bc1ccc2c3c(c4c(c2c1)CC(c1ccc(N2CCCCC2)cc1)(c1ccc2c(c1)C(c1ccccc1)(c1ccccc1)c1ccccc1-2)C=C4)C(C)(C)c1cc(C)ccc1-3. The summed E-state index contributed by atoms with van der Waals surface area (Å²) in [6.07, 6.45) is 9.88. The second-order valence-corrected chi connectivity index (χ2v) is 19.2. The van der Waals surface area contributed by atoms with Gasteiger partial charge in [0.25, 0.3) is 0 Å². The molecule has 4 aliphatic rings. The molecule has 1 fully saturated rings. The van der Waals surface area contributed by atoms with Gasteiger partial charge in [-0.2, -0.15) is 0 Å². The fourth-order valence-corrected chi connectivity index (χ4v) is 12.5. The lowest BCUT2D eigenvalue weighted by Crippen LogP contribution is -2.33. The molecule has 0 saturated carbocycles. The van der Waals surface area contributed by atoms with Gasteiger partial charge in [-0.15, -0.1) is 0 Å². The van der Waals surface area contributed by atoms with Crippen LogP contribution in [0.15, 0.2) is 170 Å². The third-order valence-electron chi connectivity index (χ3n) is 15.4. The lowest BCUT2D eigenvalue weighted by molar-refractivity contribution is 0.577. The number of benzene rings is 8. The molecule has 1 heterocycles. The summed E-state index contributed by atoms with van der Waals surface area (Å²) in [6, 6.07) is 63.3. The van der Waals surface area contributed by atoms with Crippen LogP contribution in [0.3, 0.4) is 0 Å². The van der Waals surface area contributed by atoms with Crippen LogP contribution < -0.4 is 10.4 Å². The summed E-state index contributed by atoms with van der Waals surface area (Å²) in [5, 5.41) is 2.76. The molecule has 2 heteroatoms. The summed E-state index contributed by atoms with van der Waals surface area (Å²) in [6.45, 7) is 9.42. The smallest absolute Gasteiger partial charge is 0.139 e. The molecule has 0 aromatic heterocycles. The molecule has 12 rings (SSSR count). The fourth-order valence-electron chi connectivity index (χ4n) is 12.5. The molecule has 3 aliphatic carbocycles. The first-order chi connectivity index (χ1) is 30.3. The van der Waals surface area contributed by atoms with Crippen molar-refractivity contribution in [1.29, 1.82) is 0 Å². The van der Waals surface area contributed by atoms with Crippen LogP contribution in [-0.2, 0) is 22.7 Å². The van der Waals surface area contributed by atoms with Gasteiger partial charge in [-0.05, 0) is 133 Å². The number of piperidine rings is 1. The van der Waals surface area contributed by atoms with E-state index in [1.807, 2.05) is 0 Å². The minimum absolute atomic E-state index is 0.134. The Bertz CT molecular complexity index is 3070. The first kappa shape index (κ1) is 37.4. The standard InChI is InChI=1S/C60H52BN/c1-39-21-28-50-54(35-39)58(2,3)57-49-31-32-59(38-52(49)51-37-44(61)25-30-48(51)56(50)57,40-22-26-45(27-23-40)62-33-13-6-14-34-62)43-24-29-47-46-19-11-12-20-53(46)60(55(47)36-43,41-15-7-4-8-16-41)42-17-9-5-10-18-42/h4-5,7-12,15-32,35-37H,6,13-14,33-34,38,61H2,1-3H3. The van der Waals surface area contributed by atoms with Gasteiger partial charge in [-0.25, -0.2) is 0 Å². The van der Waals surface area contributed by atoms with E-state index in [2.05, 4.69) is 209 Å². The van der Waals surface area contributed by atoms with Gasteiger partial charge in [0, 0.05) is 29.6 Å². The second kappa shape index (κ2) is 13.8. The molecule has 62 heavy (non-hydrogen) atoms. The third kappa shape index (κ3) is 5.22. The van der Waals surface area contributed by atoms with Crippen molar-refractivity contribution < 1.29 is 0 Å². The van der Waals surface area contributed by atoms with Crippen LogP contribution >= 0.6 is 0 Å². The van der Waals surface area contributed by atoms with Crippen LogP contribution in [0.4, 0.5) is 5.69 Å². The van der Waals surface area contributed by atoms with Crippen LogP contribution in [0.25, 0.3) is 39.1 Å². The molecule has 0 spiro atoms. The van der Waals surface area contributed by atoms with E-state index in [0.29, 0.717) is 0 Å². The minimum atomic E-state index is -0.474. The highest BCUT2D eigenvalue weighted by molar-refractivity contribution is 6.33. The van der Waals surface area contributed by atoms with Gasteiger partial charge in [0.15, 0.2) is 0 Å². The van der Waals surface area contributed by atoms with E-state index in [1.54, 1.807) is 0 Å². The van der Waals surface area contributed by atoms with Gasteiger partial charge >= 0.3 is 0 Å². The average molecular weight is 798 g/mol. The maximum atomic E-state index is 2.62. The maximum Gasteiger partial charge on any atom is 0.139 e. The van der Waals surface area contributed by atoms with E-state index in [0.717, 1.165) is 19.5 Å². The lowest BCUT2D eigenvalue weighted by Gasteiger charge is -2.40. The van der Waals surface area contributed by atoms with Crippen LogP contribution in [-0.4, -0.2) is 20.9 Å². The van der Waals surface area contributed by atoms with E-state index >= 15 is 0 Å². The van der Waals surface area contributed by atoms with Crippen molar-refractivity contribution in [3.05, 3.63) is 231 Å². The highest BCUT2D eigenvalue weighted by Crippen LogP contribution is 2.59. The zero-order valence-corrected chi connectivity index (χ0v) is 36.4. The summed E-state index contributed by atoms with van der Waals surface area (Å²) >= 11 is 0. The normalized spacial score (nSPS) is 18.8. The quantitative estimate of drug-likeness (QED) is 0.157. The van der Waals surface area contributed by atoms with E-state index in [9.17, 15) is 0 Å². The Morgan fingerprint density at radius 3 is 1.94 bits per heavy atom. The van der Waals surface area contributed by atoms with Crippen LogP contribution in [0.5, 0.6) is 0 Å². The predicted molar refractivity (Wildman–Crippen MR) is 264 cm³/mol. The Balaban J connectivity index is 1.13. The summed E-state index contributed by atoms with van der Waals surface area (Å²) in [4.78, 5) is 2.59. The van der Waals surface area contributed by atoms with Crippen LogP contribution in [0.1, 0.15) is 94.3 Å². The van der Waals surface area contributed by atoms with Gasteiger partial charge in [-0.3, -0.25) is 0 Å². The van der Waals surface area contributed by atoms with Crippen LogP contribution in [0.2, 0.25) is 0 Å². The molecule has 0 amide bonds. The molecule has 8 aromatic rings. The van der Waals surface area contributed by atoms with E-state index < -0.39 is 10.8 Å². The van der Waals surface area contributed by atoms with Crippen molar-refractivity contribution in [1.82, 2.24) is 0 Å². The molecule has 300 valence electrons. The van der Waals surface area contributed by atoms with Gasteiger partial charge in [0.1, 0.15) is 7.85 Å². The van der Waals surface area contributed by atoms with Crippen molar-refractivity contribution >= 4 is 35.8 Å². The number of anilines is 1. The van der Waals surface area contributed by atoms with E-state index in [1.165, 1.54) is 125 Å². The number of aryl methyl sites for hydroxylation is 1. The molecule has 1 unspecified atom stereocenters. The van der Waals surface area contributed by atoms with E-state index in [4.69, 9.17) is 0 Å². The fraction of sp³-hybridized carbons (Fsp3) is 0.200. The zero-order valence-electron chi connectivity index (χ0n) is 36.4. The Morgan fingerprint density at radius 2 is 1.19 bits per heavy atom. The number of nitrogens with zero attached hydrogens (tertiary/aromatic N) is 1. The Kier molecular flexibility index (Phi) is 8.33. The lowest BCUT2D eigenvalue weighted by atomic mass is 9.63. The monoisotopic (exact) mass is 797 g/mol. The largest absolute Gasteiger partial charge is 0.372 e. The second-order valence-electron chi connectivity index (χ2n) is 19.2. The number of fused-ring (bicyclic) bond motifs is 11. The highest BCUT2D eigenvalue weighted by Gasteiger charge is 2.48. The molecular weight excluding hydrogens is 745 g/mol. The molecular formula is C60H52BN. The average Bonchev–Trinajstić information content (AvgIpc) is 3.75. The molecule has 1 atom stereocenters. The van der Waals surface area contributed by atoms with Crippen molar-refractivity contribution in [2.45, 2.75) is 62.7 Å². The molecule has 1 nitrogen and oxygen atoms in total. The molecule has 8 aromatic carbocycles. The van der Waals surface area contributed by atoms with Crippen molar-refractivity contribution in [2.75, 3.05) is 18.0 Å². The van der Waals surface area contributed by atoms with Gasteiger partial charge in [0.2, 0.25) is 0 Å². The Hall–Kier alpha value is -6.38. The number of hydrogen-bond donors (Lipinski definition) is 0. The Morgan fingerprint density at radius 1 is 0.532 bits per heavy atom. The maximum absolute atomic E-state index is 2.62. The summed E-state index contributed by atoms with van der Waals surface area (Å²) in [5.41, 5.74) is 22.2. The number of hydrogen-bond acceptors (Lipinski definition) is 1. The van der Waals surface area contributed by atoms with Crippen molar-refractivity contribution in [3.8, 4) is 22.3 Å². The van der Waals surface area contributed by atoms with Gasteiger partial charge < -0.3 is 4.90 Å². The topological polar surface area (TPSA) is 3.24 Å². The Labute approximate surface area is 368 Å². The number of rotatable bonds is 5. The highest BCUT2D eigenvalue weighted by atomic mass is 15.1. The molecule has 1 aliphatic heterocycles. The first-order valence-corrected chi connectivity index (χ1v) is 22.9. The van der Waals surface area contributed by atoms with Crippen molar-refractivity contribution in [2.24, 2.45) is 0 Å². The summed E-state index contributed by atoms with van der Waals surface area (Å²) in [5.74, 6) is 0. The summed E-state index contributed by atoms with van der Waals surface area (Å²) in [7, 11) is 2.26. The molecule has 1 saturated heterocycles. The zero-order chi connectivity index (χ0) is 41.8. The van der Waals surface area contributed by atoms with E-state index in [-0.39, 0.29) is 5.41 Å². The van der Waals surface area contributed by atoms with Crippen molar-refractivity contribution in [3.63, 3.8) is 0 Å². The third-order valence-corrected chi connectivity index (χ3v) is 15.4. The minimum Gasteiger partial charge on any atom is -0.372 e. The molecule has 0 radical (unpaired) electrons. The molecule has 0 N–H and O–H groups in total. The molecule has 0 bridgehead atoms. The first-order valence-electron chi connectivity index (χ1n) is 22.9. The van der Waals surface area contributed by atoms with Gasteiger partial charge in [-0.1, -0.05) is 189 Å². The van der Waals surface area contributed by atoms with Crippen LogP contribution in [0, 0.1) is 6.92 Å². The number of allylic oxidation sites excluding steroid dienone is 1. The summed E-state index contributed by atoms with van der Waals surface area (Å²) < 4.78 is 0. The van der Waals surface area contributed by atoms with Gasteiger partial charge in [0.05, 0.1) is 5.41 Å². The predicted octanol–water partition coefficient (Wildman–Crippen LogP) is 12.6.